The fraction of sp³-hybridized carbons (Fsp3) is 0.786. The number of hydrogen-bond donors (Lipinski definition) is 0. The van der Waals surface area contributed by atoms with Crippen molar-refractivity contribution < 1.29 is 20.8 Å². The molecule has 4 aliphatic carbocycles. The summed E-state index contributed by atoms with van der Waals surface area (Å²) in [5.41, 5.74) is 2.09. The van der Waals surface area contributed by atoms with Crippen LogP contribution in [0.2, 0.25) is 24.2 Å². The van der Waals surface area contributed by atoms with Crippen molar-refractivity contribution in [1.29, 1.82) is 0 Å². The van der Waals surface area contributed by atoms with Crippen molar-refractivity contribution >= 4 is 48.6 Å². The van der Waals surface area contributed by atoms with Crippen molar-refractivity contribution in [3.05, 3.63) is 36.8 Å². The van der Waals surface area contributed by atoms with Crippen LogP contribution in [0.1, 0.15) is 59.3 Å². The van der Waals surface area contributed by atoms with Crippen LogP contribution in [0, 0.1) is 56.3 Å². The average molecular weight is 637 g/mol. The minimum absolute atomic E-state index is 0. The molecule has 34 heavy (non-hydrogen) atoms. The molecule has 2 aliphatic heterocycles. The number of allylic oxidation sites excluding steroid dienone is 4. The Hall–Kier alpha value is 1.86. The van der Waals surface area contributed by atoms with Crippen molar-refractivity contribution in [1.82, 2.24) is 0 Å². The molecule has 10 atom stereocenters. The van der Waals surface area contributed by atoms with Gasteiger partial charge in [-0.3, -0.25) is 0 Å². The first-order valence-electron chi connectivity index (χ1n) is 12.9. The summed E-state index contributed by atoms with van der Waals surface area (Å²) in [5, 5.41) is 1.80. The molecule has 0 amide bonds. The van der Waals surface area contributed by atoms with E-state index in [1.54, 1.807) is 41.9 Å². The molecule has 192 valence electrons. The molecule has 0 aromatic heterocycles. The molecule has 6 rings (SSSR count). The molecule has 6 aliphatic rings. The van der Waals surface area contributed by atoms with Gasteiger partial charge in [0, 0.05) is 10.5 Å². The Labute approximate surface area is 239 Å². The van der Waals surface area contributed by atoms with Gasteiger partial charge in [-0.1, -0.05) is 51.4 Å². The molecular weight excluding hydrogens is 591 g/mol. The van der Waals surface area contributed by atoms with Crippen LogP contribution in [0.15, 0.2) is 22.0 Å². The summed E-state index contributed by atoms with van der Waals surface area (Å²) in [7, 11) is 8.48. The van der Waals surface area contributed by atoms with Gasteiger partial charge in [0.05, 0.1) is 8.07 Å². The second kappa shape index (κ2) is 11.9. The number of fused-ring (bicyclic) bond motifs is 5. The van der Waals surface area contributed by atoms with Gasteiger partial charge in [0.15, 0.2) is 0 Å². The summed E-state index contributed by atoms with van der Waals surface area (Å²) in [6, 6.07) is 0. The summed E-state index contributed by atoms with van der Waals surface area (Å²) in [5.74, 6) is 7.05. The third-order valence-corrected chi connectivity index (χ3v) is 18.9. The average Bonchev–Trinajstić information content (AvgIpc) is 3.48. The Morgan fingerprint density at radius 3 is 1.85 bits per heavy atom. The number of rotatable bonds is 2. The van der Waals surface area contributed by atoms with E-state index >= 15 is 0 Å². The Kier molecular flexibility index (Phi) is 10.7. The Morgan fingerprint density at radius 2 is 1.32 bits per heavy atom. The van der Waals surface area contributed by atoms with E-state index in [1.165, 1.54) is 6.42 Å². The molecule has 0 aromatic carbocycles. The second-order valence-corrected chi connectivity index (χ2v) is 23.9. The van der Waals surface area contributed by atoms with Crippen LogP contribution in [0.4, 0.5) is 0 Å². The third-order valence-electron chi connectivity index (χ3n) is 10.5. The molecule has 0 spiro atoms. The summed E-state index contributed by atoms with van der Waals surface area (Å²) in [6.07, 6.45) is 14.8. The van der Waals surface area contributed by atoms with E-state index in [0.717, 1.165) is 63.0 Å². The molecule has 0 bridgehead atoms. The molecular formula is C28H46Cl2S2SiZr. The van der Waals surface area contributed by atoms with Gasteiger partial charge in [0.1, 0.15) is 0 Å². The van der Waals surface area contributed by atoms with Gasteiger partial charge in [0.25, 0.3) is 0 Å². The van der Waals surface area contributed by atoms with E-state index < -0.39 is 28.9 Å². The molecule has 0 saturated heterocycles. The molecule has 0 N–H and O–H groups in total. The van der Waals surface area contributed by atoms with Crippen molar-refractivity contribution in [3.8, 4) is 0 Å². The third kappa shape index (κ3) is 5.20. The van der Waals surface area contributed by atoms with E-state index in [9.17, 15) is 0 Å². The first kappa shape index (κ1) is 30.4. The fourth-order valence-corrected chi connectivity index (χ4v) is 20.9. The van der Waals surface area contributed by atoms with Gasteiger partial charge in [-0.15, -0.1) is 23.5 Å². The van der Waals surface area contributed by atoms with Crippen LogP contribution in [-0.4, -0.2) is 18.6 Å². The van der Waals surface area contributed by atoms with Crippen LogP contribution in [0.5, 0.6) is 0 Å². The zero-order chi connectivity index (χ0) is 22.8. The normalized spacial score (nSPS) is 45.8. The molecule has 0 aromatic rings. The van der Waals surface area contributed by atoms with Gasteiger partial charge in [-0.25, -0.2) is 0 Å². The van der Waals surface area contributed by atoms with Gasteiger partial charge in [0.2, 0.25) is 0 Å². The number of thioether (sulfide) groups is 2. The van der Waals surface area contributed by atoms with E-state index in [1.807, 2.05) is 0 Å². The summed E-state index contributed by atoms with van der Waals surface area (Å²) < 4.78 is 0. The second-order valence-electron chi connectivity index (χ2n) is 12.4. The molecule has 10 unspecified atom stereocenters. The van der Waals surface area contributed by atoms with E-state index in [4.69, 9.17) is 17.0 Å². The number of halogens is 2. The standard InChI is InChI=1S/C26H40S2Si.2CH3.2ClH.Zr/c1-14-9-19-12-17-7-6-8-18(17)13-20(19)25(14)29(4,5)26-23-21(10-15(2)27-23)22-11-16(3)28-24(22)26;;;;;/h10-11,14,17-26H,6-9,12-13H2,1-5H3;2*1H3;2*1H;/q;2*-1;;;+4/p-2. The predicted molar refractivity (Wildman–Crippen MR) is 158 cm³/mol. The molecule has 2 heterocycles. The van der Waals surface area contributed by atoms with Gasteiger partial charge in [-0.05, 0) is 95.4 Å². The minimum atomic E-state index is -1.39. The SMILES string of the molecule is CC1=CC2C3C=C(C)SC3C([Si](C)(C)C3C(C)CC4CC5CCCC5CC43)C2S1.[CH3-].[CH3-].[Cl][Zr+2][Cl]. The van der Waals surface area contributed by atoms with Gasteiger partial charge < -0.3 is 14.9 Å². The van der Waals surface area contributed by atoms with E-state index in [2.05, 4.69) is 69.5 Å². The summed E-state index contributed by atoms with van der Waals surface area (Å²) in [6.45, 7) is 13.2. The van der Waals surface area contributed by atoms with E-state index in [0.29, 0.717) is 0 Å². The van der Waals surface area contributed by atoms with Crippen LogP contribution >= 0.6 is 40.5 Å². The monoisotopic (exact) mass is 634 g/mol. The predicted octanol–water partition coefficient (Wildman–Crippen LogP) is 10.5. The zero-order valence-electron chi connectivity index (χ0n) is 22.3. The summed E-state index contributed by atoms with van der Waals surface area (Å²) in [4.78, 5) is 3.25. The fourth-order valence-electron chi connectivity index (χ4n) is 9.82. The molecule has 0 radical (unpaired) electrons. The molecule has 4 saturated carbocycles. The quantitative estimate of drug-likeness (QED) is 0.218. The maximum atomic E-state index is 4.93. The molecule has 6 heteroatoms. The van der Waals surface area contributed by atoms with Gasteiger partial charge >= 0.3 is 37.9 Å². The molecule has 4 fully saturated rings. The van der Waals surface area contributed by atoms with Gasteiger partial charge in [-0.2, -0.15) is 0 Å². The Bertz CT molecular complexity index is 754. The van der Waals surface area contributed by atoms with Crippen molar-refractivity contribution in [2.45, 2.75) is 94.0 Å². The van der Waals surface area contributed by atoms with Crippen molar-refractivity contribution in [2.75, 3.05) is 0 Å². The van der Waals surface area contributed by atoms with Crippen LogP contribution in [-0.2, 0) is 20.8 Å². The van der Waals surface area contributed by atoms with Crippen LogP contribution in [0.25, 0.3) is 0 Å². The van der Waals surface area contributed by atoms with Crippen LogP contribution < -0.4 is 0 Å². The van der Waals surface area contributed by atoms with Crippen molar-refractivity contribution in [2.24, 2.45) is 41.4 Å². The first-order valence-corrected chi connectivity index (χ1v) is 24.2. The van der Waals surface area contributed by atoms with Crippen LogP contribution in [0.3, 0.4) is 0 Å². The Balaban J connectivity index is 0.000000618. The maximum absolute atomic E-state index is 4.93. The van der Waals surface area contributed by atoms with E-state index in [-0.39, 0.29) is 14.9 Å². The topological polar surface area (TPSA) is 0 Å². The van der Waals surface area contributed by atoms with Crippen molar-refractivity contribution in [3.63, 3.8) is 0 Å². The number of hydrogen-bond acceptors (Lipinski definition) is 2. The molecule has 0 nitrogen and oxygen atoms in total. The Morgan fingerprint density at radius 1 is 0.824 bits per heavy atom. The first-order chi connectivity index (χ1) is 15.3. The summed E-state index contributed by atoms with van der Waals surface area (Å²) >= 11 is 3.75. The zero-order valence-corrected chi connectivity index (χ0v) is 28.9.